The molecule has 1 aliphatic rings. The van der Waals surface area contributed by atoms with Gasteiger partial charge in [0.1, 0.15) is 5.84 Å². The van der Waals surface area contributed by atoms with Gasteiger partial charge in [0.2, 0.25) is 10.0 Å². The highest BCUT2D eigenvalue weighted by atomic mass is 32.2. The molecule has 1 saturated carbocycles. The van der Waals surface area contributed by atoms with Crippen molar-refractivity contribution in [2.24, 2.45) is 10.9 Å². The van der Waals surface area contributed by atoms with Crippen molar-refractivity contribution in [1.82, 2.24) is 4.72 Å². The molecule has 0 bridgehead atoms. The fourth-order valence-electron chi connectivity index (χ4n) is 2.01. The van der Waals surface area contributed by atoms with E-state index in [4.69, 9.17) is 10.9 Å². The van der Waals surface area contributed by atoms with Crippen LogP contribution in [0.25, 0.3) is 0 Å². The third-order valence-electron chi connectivity index (χ3n) is 3.03. The van der Waals surface area contributed by atoms with Gasteiger partial charge in [-0.1, -0.05) is 18.0 Å². The largest absolute Gasteiger partial charge is 0.409 e. The van der Waals surface area contributed by atoms with Crippen LogP contribution in [0.1, 0.15) is 44.9 Å². The summed E-state index contributed by atoms with van der Waals surface area (Å²) in [7, 11) is -3.13. The molecule has 0 radical (unpaired) electrons. The third kappa shape index (κ3) is 4.91. The highest BCUT2D eigenvalue weighted by molar-refractivity contribution is 7.90. The van der Waals surface area contributed by atoms with Crippen molar-refractivity contribution >= 4 is 15.9 Å². The lowest BCUT2D eigenvalue weighted by Crippen LogP contribution is -2.33. The van der Waals surface area contributed by atoms with Gasteiger partial charge in [-0.25, -0.2) is 13.1 Å². The van der Waals surface area contributed by atoms with Gasteiger partial charge in [0.05, 0.1) is 5.25 Å². The summed E-state index contributed by atoms with van der Waals surface area (Å²) in [5.74, 6) is 0.184. The normalized spacial score (nSPS) is 18.7. The van der Waals surface area contributed by atoms with Gasteiger partial charge in [-0.15, -0.1) is 0 Å². The van der Waals surface area contributed by atoms with Crippen LogP contribution in [0.3, 0.4) is 0 Å². The molecule has 100 valence electrons. The van der Waals surface area contributed by atoms with Crippen molar-refractivity contribution in [2.75, 3.05) is 6.54 Å². The SMILES string of the molecule is NC(CCCCNS(=O)(=O)C1CCCC1)=NO. The number of nitrogens with one attached hydrogen (secondary N) is 1. The zero-order valence-corrected chi connectivity index (χ0v) is 10.7. The number of unbranched alkanes of at least 4 members (excludes halogenated alkanes) is 1. The van der Waals surface area contributed by atoms with Crippen molar-refractivity contribution in [1.29, 1.82) is 0 Å². The van der Waals surface area contributed by atoms with Gasteiger partial charge < -0.3 is 10.9 Å². The average molecular weight is 263 g/mol. The topological polar surface area (TPSA) is 105 Å². The predicted molar refractivity (Wildman–Crippen MR) is 66.4 cm³/mol. The second kappa shape index (κ2) is 6.80. The molecule has 0 spiro atoms. The smallest absolute Gasteiger partial charge is 0.214 e. The Morgan fingerprint density at radius 1 is 1.35 bits per heavy atom. The van der Waals surface area contributed by atoms with Crippen LogP contribution >= 0.6 is 0 Å². The lowest BCUT2D eigenvalue weighted by molar-refractivity contribution is 0.316. The quantitative estimate of drug-likeness (QED) is 0.207. The summed E-state index contributed by atoms with van der Waals surface area (Å²) in [5.41, 5.74) is 5.30. The van der Waals surface area contributed by atoms with Gasteiger partial charge in [0, 0.05) is 13.0 Å². The van der Waals surface area contributed by atoms with Crippen molar-refractivity contribution in [3.63, 3.8) is 0 Å². The first-order valence-corrected chi connectivity index (χ1v) is 7.56. The zero-order valence-electron chi connectivity index (χ0n) is 9.93. The molecule has 0 aromatic heterocycles. The molecule has 7 heteroatoms. The molecule has 1 fully saturated rings. The molecule has 0 aromatic rings. The Kier molecular flexibility index (Phi) is 5.70. The number of amidine groups is 1. The molecule has 1 aliphatic carbocycles. The van der Waals surface area contributed by atoms with E-state index in [-0.39, 0.29) is 11.1 Å². The molecule has 0 amide bonds. The monoisotopic (exact) mass is 263 g/mol. The molecule has 17 heavy (non-hydrogen) atoms. The first-order valence-electron chi connectivity index (χ1n) is 6.01. The maximum absolute atomic E-state index is 11.8. The Morgan fingerprint density at radius 3 is 2.59 bits per heavy atom. The van der Waals surface area contributed by atoms with Crippen LogP contribution in [0, 0.1) is 0 Å². The Morgan fingerprint density at radius 2 is 2.00 bits per heavy atom. The summed E-state index contributed by atoms with van der Waals surface area (Å²) in [6.45, 7) is 0.428. The standard InChI is InChI=1S/C10H21N3O3S/c11-10(13-14)7-3-4-8-12-17(15,16)9-5-1-2-6-9/h9,12,14H,1-8H2,(H2,11,13). The molecule has 6 nitrogen and oxygen atoms in total. The van der Waals surface area contributed by atoms with E-state index in [0.717, 1.165) is 25.7 Å². The number of nitrogens with two attached hydrogens (primary N) is 1. The van der Waals surface area contributed by atoms with E-state index in [1.54, 1.807) is 0 Å². The van der Waals surface area contributed by atoms with Gasteiger partial charge in [0.25, 0.3) is 0 Å². The molecular weight excluding hydrogens is 242 g/mol. The molecule has 4 N–H and O–H groups in total. The fraction of sp³-hybridized carbons (Fsp3) is 0.900. The van der Waals surface area contributed by atoms with Gasteiger partial charge in [0.15, 0.2) is 0 Å². The van der Waals surface area contributed by atoms with Gasteiger partial charge in [-0.3, -0.25) is 0 Å². The third-order valence-corrected chi connectivity index (χ3v) is 4.99. The summed E-state index contributed by atoms with van der Waals surface area (Å²) in [6.07, 6.45) is 5.47. The summed E-state index contributed by atoms with van der Waals surface area (Å²) in [6, 6.07) is 0. The van der Waals surface area contributed by atoms with E-state index in [1.807, 2.05) is 0 Å². The van der Waals surface area contributed by atoms with Crippen molar-refractivity contribution in [3.05, 3.63) is 0 Å². The minimum atomic E-state index is -3.13. The first-order chi connectivity index (χ1) is 8.06. The van der Waals surface area contributed by atoms with Crippen LogP contribution in [-0.2, 0) is 10.0 Å². The highest BCUT2D eigenvalue weighted by Gasteiger charge is 2.27. The zero-order chi connectivity index (χ0) is 12.7. The number of sulfonamides is 1. The van der Waals surface area contributed by atoms with E-state index in [0.29, 0.717) is 25.8 Å². The van der Waals surface area contributed by atoms with E-state index in [9.17, 15) is 8.42 Å². The fourth-order valence-corrected chi connectivity index (χ4v) is 3.63. The average Bonchev–Trinajstić information content (AvgIpc) is 2.82. The summed E-state index contributed by atoms with van der Waals surface area (Å²) < 4.78 is 26.2. The number of oxime groups is 1. The van der Waals surface area contributed by atoms with Gasteiger partial charge >= 0.3 is 0 Å². The van der Waals surface area contributed by atoms with E-state index in [2.05, 4.69) is 9.88 Å². The van der Waals surface area contributed by atoms with Crippen molar-refractivity contribution in [2.45, 2.75) is 50.2 Å². The van der Waals surface area contributed by atoms with Crippen LogP contribution in [0.4, 0.5) is 0 Å². The second-order valence-corrected chi connectivity index (χ2v) is 6.44. The number of rotatable bonds is 7. The second-order valence-electron chi connectivity index (χ2n) is 4.39. The van der Waals surface area contributed by atoms with Crippen LogP contribution in [-0.4, -0.2) is 31.3 Å². The maximum Gasteiger partial charge on any atom is 0.214 e. The Hall–Kier alpha value is -0.820. The number of nitrogens with zero attached hydrogens (tertiary/aromatic N) is 1. The van der Waals surface area contributed by atoms with Crippen LogP contribution < -0.4 is 10.5 Å². The molecule has 0 aromatic carbocycles. The molecule has 0 atom stereocenters. The van der Waals surface area contributed by atoms with Gasteiger partial charge in [-0.2, -0.15) is 0 Å². The Labute approximate surface area is 102 Å². The van der Waals surface area contributed by atoms with E-state index < -0.39 is 10.0 Å². The lowest BCUT2D eigenvalue weighted by Gasteiger charge is -2.11. The molecule has 0 heterocycles. The van der Waals surface area contributed by atoms with E-state index in [1.165, 1.54) is 0 Å². The minimum Gasteiger partial charge on any atom is -0.409 e. The predicted octanol–water partition coefficient (Wildman–Crippen LogP) is 0.765. The molecule has 0 saturated heterocycles. The molecule has 0 unspecified atom stereocenters. The van der Waals surface area contributed by atoms with Crippen molar-refractivity contribution < 1.29 is 13.6 Å². The Balaban J connectivity index is 2.17. The number of hydrogen-bond acceptors (Lipinski definition) is 4. The summed E-state index contributed by atoms with van der Waals surface area (Å²) in [5, 5.41) is 11.0. The molecule has 0 aliphatic heterocycles. The van der Waals surface area contributed by atoms with Crippen molar-refractivity contribution in [3.8, 4) is 0 Å². The van der Waals surface area contributed by atoms with Crippen LogP contribution in [0.5, 0.6) is 0 Å². The number of hydrogen-bond donors (Lipinski definition) is 3. The molecule has 1 rings (SSSR count). The highest BCUT2D eigenvalue weighted by Crippen LogP contribution is 2.23. The van der Waals surface area contributed by atoms with Crippen LogP contribution in [0.2, 0.25) is 0 Å². The maximum atomic E-state index is 11.8. The van der Waals surface area contributed by atoms with E-state index >= 15 is 0 Å². The lowest BCUT2D eigenvalue weighted by atomic mass is 10.2. The summed E-state index contributed by atoms with van der Waals surface area (Å²) >= 11 is 0. The summed E-state index contributed by atoms with van der Waals surface area (Å²) in [4.78, 5) is 0. The molecular formula is C10H21N3O3S. The van der Waals surface area contributed by atoms with Gasteiger partial charge in [-0.05, 0) is 25.7 Å². The Bertz CT molecular complexity index is 348. The minimum absolute atomic E-state index is 0.184. The van der Waals surface area contributed by atoms with Crippen LogP contribution in [0.15, 0.2) is 5.16 Å². The first kappa shape index (κ1) is 14.2.